The summed E-state index contributed by atoms with van der Waals surface area (Å²) < 4.78 is 10.9. The van der Waals surface area contributed by atoms with Gasteiger partial charge in [0.25, 0.3) is 5.91 Å². The van der Waals surface area contributed by atoms with Crippen molar-refractivity contribution in [2.24, 2.45) is 0 Å². The summed E-state index contributed by atoms with van der Waals surface area (Å²) in [6.45, 7) is 4.08. The Labute approximate surface area is 142 Å². The number of anilines is 1. The van der Waals surface area contributed by atoms with Gasteiger partial charge in [-0.2, -0.15) is 0 Å². The average Bonchev–Trinajstić information content (AvgIpc) is 2.67. The van der Waals surface area contributed by atoms with Crippen LogP contribution in [0.25, 0.3) is 0 Å². The number of amides is 1. The highest BCUT2D eigenvalue weighted by Crippen LogP contribution is 2.17. The van der Waals surface area contributed by atoms with E-state index in [2.05, 4.69) is 10.2 Å². The highest BCUT2D eigenvalue weighted by Gasteiger charge is 2.13. The molecule has 1 aliphatic rings. The SMILES string of the molecule is O=C(NCCOc1ccccc1)c1cccc(N2CCOCC2)c1. The first-order chi connectivity index (χ1) is 11.8. The maximum absolute atomic E-state index is 12.3. The summed E-state index contributed by atoms with van der Waals surface area (Å²) >= 11 is 0. The topological polar surface area (TPSA) is 50.8 Å². The van der Waals surface area contributed by atoms with Gasteiger partial charge < -0.3 is 19.7 Å². The summed E-state index contributed by atoms with van der Waals surface area (Å²) in [5.41, 5.74) is 1.73. The van der Waals surface area contributed by atoms with E-state index >= 15 is 0 Å². The normalized spacial score (nSPS) is 14.2. The van der Waals surface area contributed by atoms with E-state index in [1.165, 1.54) is 0 Å². The number of nitrogens with zero attached hydrogens (tertiary/aromatic N) is 1. The molecule has 0 saturated carbocycles. The van der Waals surface area contributed by atoms with Crippen molar-refractivity contribution in [2.45, 2.75) is 0 Å². The minimum atomic E-state index is -0.0817. The molecule has 1 amide bonds. The van der Waals surface area contributed by atoms with Crippen molar-refractivity contribution in [3.8, 4) is 5.75 Å². The first kappa shape index (κ1) is 16.3. The molecule has 1 saturated heterocycles. The molecule has 1 heterocycles. The smallest absolute Gasteiger partial charge is 0.251 e. The minimum absolute atomic E-state index is 0.0817. The fourth-order valence-electron chi connectivity index (χ4n) is 2.62. The molecule has 2 aromatic rings. The zero-order valence-corrected chi connectivity index (χ0v) is 13.6. The van der Waals surface area contributed by atoms with Crippen molar-refractivity contribution in [3.63, 3.8) is 0 Å². The second kappa shape index (κ2) is 8.36. The van der Waals surface area contributed by atoms with Gasteiger partial charge in [0.05, 0.1) is 19.8 Å². The average molecular weight is 326 g/mol. The predicted molar refractivity (Wildman–Crippen MR) is 93.7 cm³/mol. The Morgan fingerprint density at radius 3 is 2.67 bits per heavy atom. The Bertz CT molecular complexity index is 655. The standard InChI is InChI=1S/C19H22N2O3/c22-19(20-9-12-24-18-7-2-1-3-8-18)16-5-4-6-17(15-16)21-10-13-23-14-11-21/h1-8,15H,9-14H2,(H,20,22). The van der Waals surface area contributed by atoms with Crippen LogP contribution in [-0.4, -0.2) is 45.4 Å². The molecule has 0 radical (unpaired) electrons. The number of rotatable bonds is 6. The minimum Gasteiger partial charge on any atom is -0.492 e. The van der Waals surface area contributed by atoms with Gasteiger partial charge in [-0.15, -0.1) is 0 Å². The molecular weight excluding hydrogens is 304 g/mol. The van der Waals surface area contributed by atoms with Crippen LogP contribution >= 0.6 is 0 Å². The van der Waals surface area contributed by atoms with E-state index in [-0.39, 0.29) is 5.91 Å². The molecule has 1 N–H and O–H groups in total. The van der Waals surface area contributed by atoms with Gasteiger partial charge >= 0.3 is 0 Å². The summed E-state index contributed by atoms with van der Waals surface area (Å²) in [4.78, 5) is 14.5. The monoisotopic (exact) mass is 326 g/mol. The summed E-state index contributed by atoms with van der Waals surface area (Å²) in [5, 5.41) is 2.89. The molecule has 5 nitrogen and oxygen atoms in total. The lowest BCUT2D eigenvalue weighted by Crippen LogP contribution is -2.36. The fraction of sp³-hybridized carbons (Fsp3) is 0.316. The maximum Gasteiger partial charge on any atom is 0.251 e. The Kier molecular flexibility index (Phi) is 5.69. The van der Waals surface area contributed by atoms with E-state index in [9.17, 15) is 4.79 Å². The van der Waals surface area contributed by atoms with E-state index in [0.29, 0.717) is 18.7 Å². The molecule has 0 spiro atoms. The fourth-order valence-corrected chi connectivity index (χ4v) is 2.62. The van der Waals surface area contributed by atoms with Gasteiger partial charge in [0.2, 0.25) is 0 Å². The van der Waals surface area contributed by atoms with E-state index in [4.69, 9.17) is 9.47 Å². The third kappa shape index (κ3) is 4.49. The molecule has 1 fully saturated rings. The van der Waals surface area contributed by atoms with E-state index in [1.807, 2.05) is 54.6 Å². The van der Waals surface area contributed by atoms with Crippen LogP contribution in [0.15, 0.2) is 54.6 Å². The lowest BCUT2D eigenvalue weighted by molar-refractivity contribution is 0.0947. The van der Waals surface area contributed by atoms with Gasteiger partial charge in [-0.25, -0.2) is 0 Å². The first-order valence-electron chi connectivity index (χ1n) is 8.22. The number of ether oxygens (including phenoxy) is 2. The number of morpholine rings is 1. The number of para-hydroxylation sites is 1. The molecule has 24 heavy (non-hydrogen) atoms. The lowest BCUT2D eigenvalue weighted by Gasteiger charge is -2.29. The van der Waals surface area contributed by atoms with Gasteiger partial charge in [0, 0.05) is 24.3 Å². The van der Waals surface area contributed by atoms with Crippen LogP contribution in [0, 0.1) is 0 Å². The second-order valence-corrected chi connectivity index (χ2v) is 5.57. The van der Waals surface area contributed by atoms with Crippen LogP contribution in [0.2, 0.25) is 0 Å². The van der Waals surface area contributed by atoms with Crippen LogP contribution < -0.4 is 15.0 Å². The van der Waals surface area contributed by atoms with Gasteiger partial charge in [-0.05, 0) is 30.3 Å². The molecule has 5 heteroatoms. The van der Waals surface area contributed by atoms with Crippen molar-refractivity contribution < 1.29 is 14.3 Å². The zero-order chi connectivity index (χ0) is 16.6. The first-order valence-corrected chi connectivity index (χ1v) is 8.22. The molecule has 126 valence electrons. The van der Waals surface area contributed by atoms with Gasteiger partial charge in [0.15, 0.2) is 0 Å². The van der Waals surface area contributed by atoms with Crippen molar-refractivity contribution in [3.05, 3.63) is 60.2 Å². The number of hydrogen-bond acceptors (Lipinski definition) is 4. The number of nitrogens with one attached hydrogen (secondary N) is 1. The van der Waals surface area contributed by atoms with Crippen LogP contribution in [-0.2, 0) is 4.74 Å². The molecule has 3 rings (SSSR count). The molecule has 0 aliphatic carbocycles. The van der Waals surface area contributed by atoms with Gasteiger partial charge in [0.1, 0.15) is 12.4 Å². The Balaban J connectivity index is 1.49. The Hall–Kier alpha value is -2.53. The molecule has 1 aliphatic heterocycles. The largest absolute Gasteiger partial charge is 0.492 e. The van der Waals surface area contributed by atoms with Crippen LogP contribution in [0.5, 0.6) is 5.75 Å². The zero-order valence-electron chi connectivity index (χ0n) is 13.6. The van der Waals surface area contributed by atoms with E-state index in [0.717, 1.165) is 37.7 Å². The van der Waals surface area contributed by atoms with Crippen molar-refractivity contribution in [1.29, 1.82) is 0 Å². The quantitative estimate of drug-likeness (QED) is 0.828. The number of carbonyl (C=O) groups excluding carboxylic acids is 1. The molecular formula is C19H22N2O3. The van der Waals surface area contributed by atoms with Crippen molar-refractivity contribution in [1.82, 2.24) is 5.32 Å². The summed E-state index contributed by atoms with van der Waals surface area (Å²) in [7, 11) is 0. The highest BCUT2D eigenvalue weighted by molar-refractivity contribution is 5.95. The molecule has 0 unspecified atom stereocenters. The third-order valence-corrected chi connectivity index (χ3v) is 3.88. The Morgan fingerprint density at radius 1 is 1.08 bits per heavy atom. The predicted octanol–water partition coefficient (Wildman–Crippen LogP) is 2.33. The van der Waals surface area contributed by atoms with Crippen LogP contribution in [0.4, 0.5) is 5.69 Å². The Morgan fingerprint density at radius 2 is 1.88 bits per heavy atom. The number of hydrogen-bond donors (Lipinski definition) is 1. The summed E-state index contributed by atoms with van der Waals surface area (Å²) in [6.07, 6.45) is 0. The van der Waals surface area contributed by atoms with Crippen LogP contribution in [0.1, 0.15) is 10.4 Å². The summed E-state index contributed by atoms with van der Waals surface area (Å²) in [5.74, 6) is 0.725. The van der Waals surface area contributed by atoms with E-state index < -0.39 is 0 Å². The van der Waals surface area contributed by atoms with Gasteiger partial charge in [-0.1, -0.05) is 24.3 Å². The van der Waals surface area contributed by atoms with Crippen LogP contribution in [0.3, 0.4) is 0 Å². The van der Waals surface area contributed by atoms with Gasteiger partial charge in [-0.3, -0.25) is 4.79 Å². The van der Waals surface area contributed by atoms with Crippen molar-refractivity contribution >= 4 is 11.6 Å². The third-order valence-electron chi connectivity index (χ3n) is 3.88. The second-order valence-electron chi connectivity index (χ2n) is 5.57. The van der Waals surface area contributed by atoms with Crippen molar-refractivity contribution in [2.75, 3.05) is 44.4 Å². The van der Waals surface area contributed by atoms with E-state index in [1.54, 1.807) is 0 Å². The molecule has 0 bridgehead atoms. The highest BCUT2D eigenvalue weighted by atomic mass is 16.5. The molecule has 2 aromatic carbocycles. The lowest BCUT2D eigenvalue weighted by atomic mass is 10.1. The summed E-state index contributed by atoms with van der Waals surface area (Å²) in [6, 6.07) is 17.3. The maximum atomic E-state index is 12.3. The number of benzene rings is 2. The molecule has 0 atom stereocenters. The number of carbonyl (C=O) groups is 1. The molecule has 0 aromatic heterocycles.